The molecule has 0 amide bonds. The second-order valence-electron chi connectivity index (χ2n) is 4.76. The number of phenolic OH excluding ortho intramolecular Hbond substituents is 1. The van der Waals surface area contributed by atoms with Crippen LogP contribution in [0.3, 0.4) is 0 Å². The van der Waals surface area contributed by atoms with Gasteiger partial charge in [-0.1, -0.05) is 30.3 Å². The summed E-state index contributed by atoms with van der Waals surface area (Å²) in [6.07, 6.45) is -0.644. The molecule has 0 fully saturated rings. The normalized spacial score (nSPS) is 13.9. The number of halogens is 1. The van der Waals surface area contributed by atoms with E-state index in [0.717, 1.165) is 5.56 Å². The van der Waals surface area contributed by atoms with Crippen LogP contribution in [0.1, 0.15) is 30.2 Å². The second kappa shape index (κ2) is 6.50. The van der Waals surface area contributed by atoms with Crippen LogP contribution in [0.5, 0.6) is 5.75 Å². The fraction of sp³-hybridized carbons (Fsp3) is 0.250. The summed E-state index contributed by atoms with van der Waals surface area (Å²) in [4.78, 5) is 0. The quantitative estimate of drug-likeness (QED) is 0.786. The number of nitrogens with one attached hydrogen (secondary N) is 1. The van der Waals surface area contributed by atoms with Crippen molar-refractivity contribution in [1.82, 2.24) is 5.32 Å². The van der Waals surface area contributed by atoms with Gasteiger partial charge in [0.25, 0.3) is 0 Å². The van der Waals surface area contributed by atoms with Crippen molar-refractivity contribution in [1.29, 1.82) is 0 Å². The van der Waals surface area contributed by atoms with Crippen molar-refractivity contribution in [3.05, 3.63) is 65.5 Å². The molecule has 2 aromatic rings. The minimum atomic E-state index is -0.644. The second-order valence-corrected chi connectivity index (χ2v) is 4.76. The summed E-state index contributed by atoms with van der Waals surface area (Å²) in [6.45, 7) is 2.13. The molecule has 2 unspecified atom stereocenters. The van der Waals surface area contributed by atoms with Crippen LogP contribution >= 0.6 is 0 Å². The highest BCUT2D eigenvalue weighted by Gasteiger charge is 2.13. The summed E-state index contributed by atoms with van der Waals surface area (Å²) < 4.78 is 13.2. The van der Waals surface area contributed by atoms with Gasteiger partial charge in [-0.2, -0.15) is 0 Å². The molecule has 2 aromatic carbocycles. The molecule has 0 spiro atoms. The van der Waals surface area contributed by atoms with Gasteiger partial charge in [0, 0.05) is 18.2 Å². The number of hydrogen-bond acceptors (Lipinski definition) is 3. The lowest BCUT2D eigenvalue weighted by atomic mass is 10.1. The van der Waals surface area contributed by atoms with Crippen LogP contribution in [0.15, 0.2) is 48.5 Å². The summed E-state index contributed by atoms with van der Waals surface area (Å²) in [6, 6.07) is 12.9. The van der Waals surface area contributed by atoms with Crippen LogP contribution < -0.4 is 5.32 Å². The first-order chi connectivity index (χ1) is 9.58. The van der Waals surface area contributed by atoms with E-state index in [1.165, 1.54) is 18.2 Å². The fourth-order valence-corrected chi connectivity index (χ4v) is 2.06. The molecule has 3 nitrogen and oxygen atoms in total. The smallest absolute Gasteiger partial charge is 0.123 e. The molecule has 2 rings (SSSR count). The zero-order valence-corrected chi connectivity index (χ0v) is 11.3. The maximum atomic E-state index is 13.2. The highest BCUT2D eigenvalue weighted by atomic mass is 19.1. The number of aromatic hydroxyl groups is 1. The molecule has 0 radical (unpaired) electrons. The molecule has 0 saturated heterocycles. The van der Waals surface area contributed by atoms with Crippen LogP contribution in [0, 0.1) is 5.82 Å². The Labute approximate surface area is 117 Å². The summed E-state index contributed by atoms with van der Waals surface area (Å²) in [5, 5.41) is 22.8. The van der Waals surface area contributed by atoms with Gasteiger partial charge in [-0.15, -0.1) is 0 Å². The SMILES string of the molecule is CC(NCC(O)c1ccccc1)c1cc(F)ccc1O. The van der Waals surface area contributed by atoms with E-state index in [9.17, 15) is 14.6 Å². The van der Waals surface area contributed by atoms with Crippen molar-refractivity contribution >= 4 is 0 Å². The largest absolute Gasteiger partial charge is 0.508 e. The van der Waals surface area contributed by atoms with Gasteiger partial charge in [-0.05, 0) is 30.7 Å². The molecule has 20 heavy (non-hydrogen) atoms. The maximum Gasteiger partial charge on any atom is 0.123 e. The third kappa shape index (κ3) is 3.56. The summed E-state index contributed by atoms with van der Waals surface area (Å²) in [7, 11) is 0. The van der Waals surface area contributed by atoms with E-state index < -0.39 is 11.9 Å². The Morgan fingerprint density at radius 1 is 1.15 bits per heavy atom. The van der Waals surface area contributed by atoms with Gasteiger partial charge in [0.05, 0.1) is 6.10 Å². The van der Waals surface area contributed by atoms with Crippen molar-refractivity contribution < 1.29 is 14.6 Å². The Hall–Kier alpha value is -1.91. The van der Waals surface area contributed by atoms with E-state index in [1.807, 2.05) is 37.3 Å². The Morgan fingerprint density at radius 2 is 1.85 bits per heavy atom. The Bertz CT molecular complexity index is 560. The van der Waals surface area contributed by atoms with Gasteiger partial charge in [0.1, 0.15) is 11.6 Å². The number of phenols is 1. The van der Waals surface area contributed by atoms with E-state index in [2.05, 4.69) is 5.32 Å². The van der Waals surface area contributed by atoms with Crippen LogP contribution in [-0.4, -0.2) is 16.8 Å². The zero-order valence-electron chi connectivity index (χ0n) is 11.3. The Morgan fingerprint density at radius 3 is 2.55 bits per heavy atom. The topological polar surface area (TPSA) is 52.5 Å². The van der Waals surface area contributed by atoms with Crippen LogP contribution in [-0.2, 0) is 0 Å². The Balaban J connectivity index is 1.98. The third-order valence-corrected chi connectivity index (χ3v) is 3.26. The highest BCUT2D eigenvalue weighted by molar-refractivity contribution is 5.34. The number of benzene rings is 2. The fourth-order valence-electron chi connectivity index (χ4n) is 2.06. The molecule has 2 atom stereocenters. The molecule has 0 heterocycles. The van der Waals surface area contributed by atoms with Crippen molar-refractivity contribution in [2.24, 2.45) is 0 Å². The molecular weight excluding hydrogens is 257 g/mol. The zero-order chi connectivity index (χ0) is 14.5. The van der Waals surface area contributed by atoms with Crippen molar-refractivity contribution in [3.63, 3.8) is 0 Å². The van der Waals surface area contributed by atoms with Gasteiger partial charge < -0.3 is 15.5 Å². The van der Waals surface area contributed by atoms with Gasteiger partial charge >= 0.3 is 0 Å². The Kier molecular flexibility index (Phi) is 4.71. The van der Waals surface area contributed by atoms with E-state index in [1.54, 1.807) is 0 Å². The number of aliphatic hydroxyl groups excluding tert-OH is 1. The molecule has 0 saturated carbocycles. The standard InChI is InChI=1S/C16H18FNO2/c1-11(14-9-13(17)7-8-15(14)19)18-10-16(20)12-5-3-2-4-6-12/h2-9,11,16,18-20H,10H2,1H3. The lowest BCUT2D eigenvalue weighted by Crippen LogP contribution is -2.24. The molecule has 0 bridgehead atoms. The van der Waals surface area contributed by atoms with Crippen LogP contribution in [0.25, 0.3) is 0 Å². The van der Waals surface area contributed by atoms with Crippen molar-refractivity contribution in [3.8, 4) is 5.75 Å². The molecule has 0 aliphatic carbocycles. The van der Waals surface area contributed by atoms with Gasteiger partial charge in [-0.25, -0.2) is 4.39 Å². The first kappa shape index (κ1) is 14.5. The lowest BCUT2D eigenvalue weighted by Gasteiger charge is -2.18. The van der Waals surface area contributed by atoms with Gasteiger partial charge in [0.15, 0.2) is 0 Å². The van der Waals surface area contributed by atoms with E-state index in [0.29, 0.717) is 12.1 Å². The predicted molar refractivity (Wildman–Crippen MR) is 75.9 cm³/mol. The third-order valence-electron chi connectivity index (χ3n) is 3.26. The van der Waals surface area contributed by atoms with E-state index in [4.69, 9.17) is 0 Å². The summed E-state index contributed by atoms with van der Waals surface area (Å²) in [5.41, 5.74) is 1.29. The number of rotatable bonds is 5. The van der Waals surface area contributed by atoms with Gasteiger partial charge in [-0.3, -0.25) is 0 Å². The average Bonchev–Trinajstić information content (AvgIpc) is 2.47. The molecule has 0 aliphatic rings. The number of hydrogen-bond donors (Lipinski definition) is 3. The minimum absolute atomic E-state index is 0.0422. The van der Waals surface area contributed by atoms with Crippen molar-refractivity contribution in [2.75, 3.05) is 6.54 Å². The van der Waals surface area contributed by atoms with Gasteiger partial charge in [0.2, 0.25) is 0 Å². The molecule has 3 N–H and O–H groups in total. The molecule has 106 valence electrons. The van der Waals surface area contributed by atoms with E-state index >= 15 is 0 Å². The summed E-state index contributed by atoms with van der Waals surface area (Å²) in [5.74, 6) is -0.351. The minimum Gasteiger partial charge on any atom is -0.508 e. The number of aliphatic hydroxyl groups is 1. The van der Waals surface area contributed by atoms with Crippen LogP contribution in [0.2, 0.25) is 0 Å². The first-order valence-electron chi connectivity index (χ1n) is 6.52. The van der Waals surface area contributed by atoms with Crippen LogP contribution in [0.4, 0.5) is 4.39 Å². The highest BCUT2D eigenvalue weighted by Crippen LogP contribution is 2.25. The first-order valence-corrected chi connectivity index (χ1v) is 6.52. The lowest BCUT2D eigenvalue weighted by molar-refractivity contribution is 0.170. The molecule has 0 aliphatic heterocycles. The maximum absolute atomic E-state index is 13.2. The predicted octanol–water partition coefficient (Wildman–Crippen LogP) is 2.92. The molecule has 0 aromatic heterocycles. The monoisotopic (exact) mass is 275 g/mol. The molecular formula is C16H18FNO2. The molecule has 4 heteroatoms. The summed E-state index contributed by atoms with van der Waals surface area (Å²) >= 11 is 0. The van der Waals surface area contributed by atoms with Crippen molar-refractivity contribution in [2.45, 2.75) is 19.1 Å². The van der Waals surface area contributed by atoms with E-state index in [-0.39, 0.29) is 11.8 Å². The average molecular weight is 275 g/mol.